The first kappa shape index (κ1) is 61.9. The predicted octanol–water partition coefficient (Wildman–Crippen LogP) is 19.1. The minimum Gasteiger partial charge on any atom is -0.462 e. The largest absolute Gasteiger partial charge is 0.462 e. The van der Waals surface area contributed by atoms with Gasteiger partial charge in [-0.25, -0.2) is 0 Å². The SMILES string of the molecule is CC/C=C\C/C=C\C/C=C\CCCCCCCCCCOCC(COC(=O)CCCCCCCCC/C=C\CCCCCCCC)OC(=O)CCCCCCCCCCCCCCC. The molecule has 1 atom stereocenters. The van der Waals surface area contributed by atoms with Crippen LogP contribution in [0.2, 0.25) is 0 Å². The molecule has 5 nitrogen and oxygen atoms in total. The van der Waals surface area contributed by atoms with E-state index < -0.39 is 6.10 Å². The second-order valence-corrected chi connectivity index (χ2v) is 18.8. The van der Waals surface area contributed by atoms with Gasteiger partial charge in [-0.15, -0.1) is 0 Å². The van der Waals surface area contributed by atoms with E-state index in [9.17, 15) is 9.59 Å². The summed E-state index contributed by atoms with van der Waals surface area (Å²) < 4.78 is 17.5. The highest BCUT2D eigenvalue weighted by Gasteiger charge is 2.17. The molecule has 0 aliphatic heterocycles. The first-order valence-electron chi connectivity index (χ1n) is 28.2. The van der Waals surface area contributed by atoms with E-state index in [1.807, 2.05) is 0 Å². The van der Waals surface area contributed by atoms with Gasteiger partial charge in [0.15, 0.2) is 6.10 Å². The number of carbonyl (C=O) groups is 2. The second kappa shape index (κ2) is 55.2. The van der Waals surface area contributed by atoms with Crippen molar-refractivity contribution in [3.8, 4) is 0 Å². The fourth-order valence-corrected chi connectivity index (χ4v) is 8.17. The Balaban J connectivity index is 4.24. The molecule has 0 aromatic carbocycles. The average Bonchev–Trinajstić information content (AvgIpc) is 3.30. The summed E-state index contributed by atoms with van der Waals surface area (Å²) >= 11 is 0. The van der Waals surface area contributed by atoms with Gasteiger partial charge < -0.3 is 14.2 Å². The zero-order valence-electron chi connectivity index (χ0n) is 43.1. The topological polar surface area (TPSA) is 61.8 Å². The summed E-state index contributed by atoms with van der Waals surface area (Å²) in [4.78, 5) is 25.5. The Labute approximate surface area is 399 Å². The summed E-state index contributed by atoms with van der Waals surface area (Å²) in [5.74, 6) is -0.392. The molecule has 5 heteroatoms. The van der Waals surface area contributed by atoms with E-state index in [1.165, 1.54) is 199 Å². The zero-order chi connectivity index (χ0) is 46.3. The molecule has 1 unspecified atom stereocenters. The molecule has 0 bridgehead atoms. The average molecular weight is 898 g/mol. The van der Waals surface area contributed by atoms with Crippen molar-refractivity contribution < 1.29 is 23.8 Å². The van der Waals surface area contributed by atoms with Gasteiger partial charge in [0.2, 0.25) is 0 Å². The van der Waals surface area contributed by atoms with Gasteiger partial charge in [0.25, 0.3) is 0 Å². The van der Waals surface area contributed by atoms with E-state index >= 15 is 0 Å². The van der Waals surface area contributed by atoms with Gasteiger partial charge in [0.1, 0.15) is 6.61 Å². The molecule has 0 aromatic rings. The van der Waals surface area contributed by atoms with Crippen LogP contribution in [0.15, 0.2) is 48.6 Å². The molecule has 0 N–H and O–H groups in total. The third kappa shape index (κ3) is 52.5. The first-order valence-corrected chi connectivity index (χ1v) is 28.2. The quantitative estimate of drug-likeness (QED) is 0.0346. The summed E-state index contributed by atoms with van der Waals surface area (Å²) in [6.07, 6.45) is 68.4. The minimum atomic E-state index is -0.539. The number of rotatable bonds is 52. The molecule has 0 radical (unpaired) electrons. The van der Waals surface area contributed by atoms with Crippen LogP contribution in [0.25, 0.3) is 0 Å². The van der Waals surface area contributed by atoms with Crippen LogP contribution in [0.5, 0.6) is 0 Å². The van der Waals surface area contributed by atoms with Crippen molar-refractivity contribution in [1.82, 2.24) is 0 Å². The monoisotopic (exact) mass is 897 g/mol. The Morgan fingerprint density at radius 1 is 0.359 bits per heavy atom. The van der Waals surface area contributed by atoms with E-state index in [4.69, 9.17) is 14.2 Å². The summed E-state index contributed by atoms with van der Waals surface area (Å²) in [6.45, 7) is 7.74. The van der Waals surface area contributed by atoms with E-state index in [2.05, 4.69) is 69.4 Å². The molecule has 0 spiro atoms. The van der Waals surface area contributed by atoms with Gasteiger partial charge in [0.05, 0.1) is 6.61 Å². The van der Waals surface area contributed by atoms with Gasteiger partial charge in [-0.1, -0.05) is 249 Å². The van der Waals surface area contributed by atoms with Crippen LogP contribution in [0.3, 0.4) is 0 Å². The molecule has 64 heavy (non-hydrogen) atoms. The van der Waals surface area contributed by atoms with Crippen molar-refractivity contribution in [1.29, 1.82) is 0 Å². The minimum absolute atomic E-state index is 0.0837. The van der Waals surface area contributed by atoms with Gasteiger partial charge in [-0.2, -0.15) is 0 Å². The van der Waals surface area contributed by atoms with Crippen molar-refractivity contribution in [3.63, 3.8) is 0 Å². The van der Waals surface area contributed by atoms with Crippen LogP contribution in [-0.2, 0) is 23.8 Å². The number of hydrogen-bond acceptors (Lipinski definition) is 5. The number of unbranched alkanes of at least 4 members (excludes halogenated alkanes) is 33. The number of esters is 2. The van der Waals surface area contributed by atoms with Crippen LogP contribution in [0.1, 0.15) is 290 Å². The lowest BCUT2D eigenvalue weighted by atomic mass is 10.0. The number of allylic oxidation sites excluding steroid dienone is 8. The lowest BCUT2D eigenvalue weighted by molar-refractivity contribution is -0.163. The standard InChI is InChI=1S/C59H108O5/c1-4-7-10-13-16-19-22-25-27-29-31-33-36-39-42-45-48-51-54-62-55-57(64-59(61)53-50-47-44-41-38-34-24-21-18-15-12-9-6-3)56-63-58(60)52-49-46-43-40-37-35-32-30-28-26-23-20-17-14-11-8-5-2/h7,10,16,19,25-28,57H,4-6,8-9,11-15,17-18,20-24,29-56H2,1-3H3/b10-7-,19-16-,27-25-,28-26-. The number of hydrogen-bond donors (Lipinski definition) is 0. The van der Waals surface area contributed by atoms with Crippen molar-refractivity contribution in [2.24, 2.45) is 0 Å². The maximum Gasteiger partial charge on any atom is 0.306 e. The van der Waals surface area contributed by atoms with Crippen LogP contribution in [-0.4, -0.2) is 37.9 Å². The van der Waals surface area contributed by atoms with E-state index in [0.29, 0.717) is 19.4 Å². The molecule has 374 valence electrons. The maximum atomic E-state index is 12.8. The third-order valence-electron chi connectivity index (χ3n) is 12.3. The van der Waals surface area contributed by atoms with Gasteiger partial charge in [-0.3, -0.25) is 9.59 Å². The predicted molar refractivity (Wildman–Crippen MR) is 279 cm³/mol. The Bertz CT molecular complexity index is 1060. The van der Waals surface area contributed by atoms with Crippen LogP contribution < -0.4 is 0 Å². The van der Waals surface area contributed by atoms with Gasteiger partial charge >= 0.3 is 11.9 Å². The zero-order valence-corrected chi connectivity index (χ0v) is 43.1. The third-order valence-corrected chi connectivity index (χ3v) is 12.3. The van der Waals surface area contributed by atoms with Crippen molar-refractivity contribution in [2.45, 2.75) is 297 Å². The Morgan fingerprint density at radius 2 is 0.703 bits per heavy atom. The highest BCUT2D eigenvalue weighted by atomic mass is 16.6. The highest BCUT2D eigenvalue weighted by molar-refractivity contribution is 5.70. The number of ether oxygens (including phenoxy) is 3. The first-order chi connectivity index (χ1) is 31.6. The van der Waals surface area contributed by atoms with E-state index in [1.54, 1.807) is 0 Å². The highest BCUT2D eigenvalue weighted by Crippen LogP contribution is 2.16. The lowest BCUT2D eigenvalue weighted by Crippen LogP contribution is -2.30. The van der Waals surface area contributed by atoms with Gasteiger partial charge in [0, 0.05) is 19.4 Å². The molecule has 0 heterocycles. The number of carbonyl (C=O) groups excluding carboxylic acids is 2. The summed E-state index contributed by atoms with van der Waals surface area (Å²) in [5, 5.41) is 0. The molecule has 0 aliphatic carbocycles. The fourth-order valence-electron chi connectivity index (χ4n) is 8.17. The van der Waals surface area contributed by atoms with Crippen LogP contribution in [0.4, 0.5) is 0 Å². The summed E-state index contributed by atoms with van der Waals surface area (Å²) in [6, 6.07) is 0. The van der Waals surface area contributed by atoms with Gasteiger partial charge in [-0.05, 0) is 77.0 Å². The molecule has 0 amide bonds. The Kier molecular flexibility index (Phi) is 53.3. The molecule has 0 saturated carbocycles. The fraction of sp³-hybridized carbons (Fsp3) is 0.831. The normalized spacial score (nSPS) is 12.5. The second-order valence-electron chi connectivity index (χ2n) is 18.8. The van der Waals surface area contributed by atoms with Crippen LogP contribution >= 0.6 is 0 Å². The van der Waals surface area contributed by atoms with E-state index in [-0.39, 0.29) is 25.2 Å². The lowest BCUT2D eigenvalue weighted by Gasteiger charge is -2.18. The maximum absolute atomic E-state index is 12.8. The molecular formula is C59H108O5. The summed E-state index contributed by atoms with van der Waals surface area (Å²) in [5.41, 5.74) is 0. The molecule has 0 saturated heterocycles. The molecular weight excluding hydrogens is 789 g/mol. The van der Waals surface area contributed by atoms with Crippen molar-refractivity contribution in [3.05, 3.63) is 48.6 Å². The Hall–Kier alpha value is -2.14. The van der Waals surface area contributed by atoms with Crippen LogP contribution in [0, 0.1) is 0 Å². The van der Waals surface area contributed by atoms with E-state index in [0.717, 1.165) is 57.8 Å². The molecule has 0 aromatic heterocycles. The Morgan fingerprint density at radius 3 is 1.14 bits per heavy atom. The molecule has 0 rings (SSSR count). The smallest absolute Gasteiger partial charge is 0.306 e. The molecule has 0 fully saturated rings. The summed E-state index contributed by atoms with van der Waals surface area (Å²) in [7, 11) is 0. The van der Waals surface area contributed by atoms with Crippen molar-refractivity contribution in [2.75, 3.05) is 19.8 Å². The van der Waals surface area contributed by atoms with Crippen molar-refractivity contribution >= 4 is 11.9 Å². The molecule has 0 aliphatic rings.